The fourth-order valence-corrected chi connectivity index (χ4v) is 4.90. The Morgan fingerprint density at radius 1 is 1.29 bits per heavy atom. The summed E-state index contributed by atoms with van der Waals surface area (Å²) in [5, 5.41) is 8.58. The van der Waals surface area contributed by atoms with E-state index in [1.807, 2.05) is 19.9 Å². The molecule has 1 fully saturated rings. The average Bonchev–Trinajstić information content (AvgIpc) is 3.34. The normalized spacial score (nSPS) is 22.1. The molecule has 1 saturated heterocycles. The van der Waals surface area contributed by atoms with E-state index in [1.165, 1.54) is 5.56 Å². The molecule has 5 rings (SSSR count). The molecule has 0 N–H and O–H groups in total. The van der Waals surface area contributed by atoms with Crippen molar-refractivity contribution in [2.75, 3.05) is 0 Å². The van der Waals surface area contributed by atoms with Gasteiger partial charge in [0, 0.05) is 11.5 Å². The molecule has 0 saturated carbocycles. The Bertz CT molecular complexity index is 1160. The number of hydrogen-bond donors (Lipinski definition) is 0. The SMILES string of the molecule is Cc1cc(OCc2cnnn2-c2ccc(Cl)nc2)c(C)c2c1CC[C@H]1[C@H](C)C(=O)O[C@@H]21. The average molecular weight is 439 g/mol. The molecule has 0 radical (unpaired) electrons. The van der Waals surface area contributed by atoms with E-state index in [-0.39, 0.29) is 23.9 Å². The Hall–Kier alpha value is -2.93. The molecule has 3 heterocycles. The first-order valence-electron chi connectivity index (χ1n) is 10.4. The van der Waals surface area contributed by atoms with Crippen LogP contribution in [0.5, 0.6) is 5.75 Å². The monoisotopic (exact) mass is 438 g/mol. The minimum atomic E-state index is -0.180. The third-order valence-electron chi connectivity index (χ3n) is 6.53. The van der Waals surface area contributed by atoms with Crippen molar-refractivity contribution < 1.29 is 14.3 Å². The fourth-order valence-electron chi connectivity index (χ4n) is 4.79. The Kier molecular flexibility index (Phi) is 4.93. The summed E-state index contributed by atoms with van der Waals surface area (Å²) in [6, 6.07) is 5.62. The molecule has 2 aromatic heterocycles. The first kappa shape index (κ1) is 20.0. The lowest BCUT2D eigenvalue weighted by molar-refractivity contribution is -0.144. The molecule has 1 aliphatic heterocycles. The number of fused-ring (bicyclic) bond motifs is 3. The highest BCUT2D eigenvalue weighted by Crippen LogP contribution is 2.49. The van der Waals surface area contributed by atoms with Crippen molar-refractivity contribution in [2.24, 2.45) is 11.8 Å². The van der Waals surface area contributed by atoms with Crippen molar-refractivity contribution in [3.63, 3.8) is 0 Å². The molecule has 3 aromatic rings. The van der Waals surface area contributed by atoms with Crippen LogP contribution in [0.4, 0.5) is 0 Å². The van der Waals surface area contributed by atoms with E-state index in [0.717, 1.165) is 46.7 Å². The molecular formula is C23H23ClN4O3. The molecule has 160 valence electrons. The van der Waals surface area contributed by atoms with E-state index in [4.69, 9.17) is 21.1 Å². The minimum absolute atomic E-state index is 0.0594. The maximum Gasteiger partial charge on any atom is 0.309 e. The molecule has 7 nitrogen and oxygen atoms in total. The Labute approximate surface area is 185 Å². The molecule has 2 aliphatic rings. The number of pyridine rings is 1. The van der Waals surface area contributed by atoms with Crippen molar-refractivity contribution in [1.29, 1.82) is 0 Å². The first-order valence-corrected chi connectivity index (χ1v) is 10.8. The number of aryl methyl sites for hydroxylation is 1. The standard InChI is InChI=1S/C23H23ClN4O3/c1-12-8-19(14(3)21-17(12)5-6-18-13(2)23(29)31-22(18)21)30-11-16-10-26-27-28(16)15-4-7-20(24)25-9-15/h4,7-10,13,18,22H,5-6,11H2,1-3H3/t13-,18-,22+/m0/s1. The van der Waals surface area contributed by atoms with E-state index in [0.29, 0.717) is 11.8 Å². The summed E-state index contributed by atoms with van der Waals surface area (Å²) in [7, 11) is 0. The summed E-state index contributed by atoms with van der Waals surface area (Å²) < 4.78 is 13.7. The number of halogens is 1. The molecule has 1 aliphatic carbocycles. The smallest absolute Gasteiger partial charge is 0.309 e. The lowest BCUT2D eigenvalue weighted by Crippen LogP contribution is -2.22. The van der Waals surface area contributed by atoms with Crippen molar-refractivity contribution in [1.82, 2.24) is 20.0 Å². The number of carbonyl (C=O) groups is 1. The summed E-state index contributed by atoms with van der Waals surface area (Å²) in [6.45, 7) is 6.40. The third kappa shape index (κ3) is 3.37. The number of benzene rings is 1. The van der Waals surface area contributed by atoms with Gasteiger partial charge in [0.25, 0.3) is 0 Å². The molecule has 8 heteroatoms. The van der Waals surface area contributed by atoms with Crippen LogP contribution in [-0.4, -0.2) is 25.9 Å². The molecule has 31 heavy (non-hydrogen) atoms. The number of aromatic nitrogens is 4. The van der Waals surface area contributed by atoms with Crippen LogP contribution in [0.1, 0.15) is 47.4 Å². The zero-order valence-corrected chi connectivity index (χ0v) is 18.4. The van der Waals surface area contributed by atoms with E-state index >= 15 is 0 Å². The maximum atomic E-state index is 12.2. The van der Waals surface area contributed by atoms with Crippen molar-refractivity contribution in [3.8, 4) is 11.4 Å². The third-order valence-corrected chi connectivity index (χ3v) is 6.76. The Balaban J connectivity index is 1.44. The second-order valence-electron chi connectivity index (χ2n) is 8.32. The molecule has 3 atom stereocenters. The van der Waals surface area contributed by atoms with Crippen molar-refractivity contribution in [3.05, 3.63) is 63.7 Å². The van der Waals surface area contributed by atoms with Crippen LogP contribution in [0.3, 0.4) is 0 Å². The number of nitrogens with zero attached hydrogens (tertiary/aromatic N) is 4. The number of ether oxygens (including phenoxy) is 2. The van der Waals surface area contributed by atoms with Crippen LogP contribution >= 0.6 is 11.6 Å². The van der Waals surface area contributed by atoms with Gasteiger partial charge in [-0.05, 0) is 61.6 Å². The predicted octanol–water partition coefficient (Wildman–Crippen LogP) is 4.31. The van der Waals surface area contributed by atoms with Gasteiger partial charge in [-0.2, -0.15) is 0 Å². The van der Waals surface area contributed by atoms with E-state index in [1.54, 1.807) is 23.1 Å². The first-order chi connectivity index (χ1) is 14.9. The second kappa shape index (κ2) is 7.64. The van der Waals surface area contributed by atoms with Gasteiger partial charge in [0.05, 0.1) is 24.0 Å². The quantitative estimate of drug-likeness (QED) is 0.446. The summed E-state index contributed by atoms with van der Waals surface area (Å²) in [6.07, 6.45) is 5.08. The molecule has 0 amide bonds. The van der Waals surface area contributed by atoms with Crippen LogP contribution in [0.15, 0.2) is 30.6 Å². The Morgan fingerprint density at radius 2 is 2.13 bits per heavy atom. The zero-order chi connectivity index (χ0) is 21.7. The molecule has 0 unspecified atom stereocenters. The van der Waals surface area contributed by atoms with Gasteiger partial charge >= 0.3 is 5.97 Å². The van der Waals surface area contributed by atoms with Crippen LogP contribution in [-0.2, 0) is 22.6 Å². The highest BCUT2D eigenvalue weighted by Gasteiger charge is 2.46. The molecule has 0 spiro atoms. The molecular weight excluding hydrogens is 416 g/mol. The Morgan fingerprint density at radius 3 is 2.90 bits per heavy atom. The molecule has 1 aromatic carbocycles. The van der Waals surface area contributed by atoms with Crippen LogP contribution in [0.25, 0.3) is 5.69 Å². The van der Waals surface area contributed by atoms with E-state index in [9.17, 15) is 4.79 Å². The summed E-state index contributed by atoms with van der Waals surface area (Å²) in [4.78, 5) is 16.3. The van der Waals surface area contributed by atoms with Gasteiger partial charge in [-0.15, -0.1) is 5.10 Å². The van der Waals surface area contributed by atoms with Gasteiger partial charge in [0.15, 0.2) is 0 Å². The fraction of sp³-hybridized carbons (Fsp3) is 0.391. The highest BCUT2D eigenvalue weighted by atomic mass is 35.5. The lowest BCUT2D eigenvalue weighted by Gasteiger charge is -2.31. The number of esters is 1. The van der Waals surface area contributed by atoms with Gasteiger partial charge in [-0.1, -0.05) is 23.7 Å². The highest BCUT2D eigenvalue weighted by molar-refractivity contribution is 6.29. The van der Waals surface area contributed by atoms with Gasteiger partial charge in [0.2, 0.25) is 0 Å². The van der Waals surface area contributed by atoms with Crippen LogP contribution in [0, 0.1) is 25.7 Å². The largest absolute Gasteiger partial charge is 0.487 e. The lowest BCUT2D eigenvalue weighted by atomic mass is 9.74. The predicted molar refractivity (Wildman–Crippen MR) is 114 cm³/mol. The van der Waals surface area contributed by atoms with E-state index in [2.05, 4.69) is 28.3 Å². The van der Waals surface area contributed by atoms with Gasteiger partial charge < -0.3 is 9.47 Å². The minimum Gasteiger partial charge on any atom is -0.487 e. The maximum absolute atomic E-state index is 12.2. The molecule has 0 bridgehead atoms. The zero-order valence-electron chi connectivity index (χ0n) is 17.6. The summed E-state index contributed by atoms with van der Waals surface area (Å²) in [5.74, 6) is 0.861. The number of hydrogen-bond acceptors (Lipinski definition) is 6. The van der Waals surface area contributed by atoms with Gasteiger partial charge in [0.1, 0.15) is 29.3 Å². The van der Waals surface area contributed by atoms with E-state index < -0.39 is 0 Å². The summed E-state index contributed by atoms with van der Waals surface area (Å²) in [5.41, 5.74) is 6.15. The summed E-state index contributed by atoms with van der Waals surface area (Å²) >= 11 is 5.89. The van der Waals surface area contributed by atoms with Crippen molar-refractivity contribution >= 4 is 17.6 Å². The van der Waals surface area contributed by atoms with Gasteiger partial charge in [-0.3, -0.25) is 4.79 Å². The number of rotatable bonds is 4. The van der Waals surface area contributed by atoms with Crippen LogP contribution in [0.2, 0.25) is 5.15 Å². The van der Waals surface area contributed by atoms with Gasteiger partial charge in [-0.25, -0.2) is 9.67 Å². The number of carbonyl (C=O) groups excluding carboxylic acids is 1. The topological polar surface area (TPSA) is 79.1 Å². The van der Waals surface area contributed by atoms with Crippen molar-refractivity contribution in [2.45, 2.75) is 46.3 Å². The second-order valence-corrected chi connectivity index (χ2v) is 8.71. The van der Waals surface area contributed by atoms with Crippen LogP contribution < -0.4 is 4.74 Å².